The number of H-pyrrole nitrogens is 1. The Hall–Kier alpha value is -1.78. The van der Waals surface area contributed by atoms with E-state index in [4.69, 9.17) is 4.74 Å². The number of ether oxygens (including phenoxy) is 1. The summed E-state index contributed by atoms with van der Waals surface area (Å²) in [6, 6.07) is 0. The summed E-state index contributed by atoms with van der Waals surface area (Å²) < 4.78 is 4.82. The molecule has 0 saturated carbocycles. The van der Waals surface area contributed by atoms with Crippen LogP contribution in [0.2, 0.25) is 0 Å². The van der Waals surface area contributed by atoms with Crippen molar-refractivity contribution in [2.45, 2.75) is 53.9 Å². The van der Waals surface area contributed by atoms with Crippen LogP contribution >= 0.6 is 0 Å². The number of esters is 1. The summed E-state index contributed by atoms with van der Waals surface area (Å²) in [5, 5.41) is 0. The maximum absolute atomic E-state index is 12.9. The van der Waals surface area contributed by atoms with Gasteiger partial charge < -0.3 is 14.6 Å². The number of carbonyl (C=O) groups excluding carboxylic acids is 2. The van der Waals surface area contributed by atoms with Gasteiger partial charge in [-0.05, 0) is 50.0 Å². The summed E-state index contributed by atoms with van der Waals surface area (Å²) in [6.45, 7) is 12.0. The molecular weight excluding hydrogens is 304 g/mol. The Bertz CT molecular complexity index is 625. The number of carbonyl (C=O) groups is 2. The number of hydrogen-bond acceptors (Lipinski definition) is 3. The van der Waals surface area contributed by atoms with Crippen LogP contribution in [0.4, 0.5) is 0 Å². The Morgan fingerprint density at radius 2 is 1.83 bits per heavy atom. The van der Waals surface area contributed by atoms with Crippen molar-refractivity contribution in [3.63, 3.8) is 0 Å². The normalized spacial score (nSPS) is 19.1. The van der Waals surface area contributed by atoms with E-state index in [1.54, 1.807) is 13.8 Å². The maximum atomic E-state index is 12.9. The van der Waals surface area contributed by atoms with E-state index in [0.717, 1.165) is 32.4 Å². The summed E-state index contributed by atoms with van der Waals surface area (Å²) in [5.74, 6) is 0.219. The molecule has 134 valence electrons. The number of nitrogens with one attached hydrogen (secondary N) is 1. The average Bonchev–Trinajstić information content (AvgIpc) is 2.70. The number of hydrogen-bond donors (Lipinski definition) is 1. The van der Waals surface area contributed by atoms with Crippen molar-refractivity contribution in [3.8, 4) is 0 Å². The minimum absolute atomic E-state index is 0.0136. The number of aromatic nitrogens is 1. The van der Waals surface area contributed by atoms with Gasteiger partial charge in [0.05, 0.1) is 12.7 Å². The summed E-state index contributed by atoms with van der Waals surface area (Å²) in [6.07, 6.45) is 3.21. The molecule has 1 unspecified atom stereocenters. The van der Waals surface area contributed by atoms with E-state index in [-0.39, 0.29) is 11.3 Å². The number of aromatic amines is 1. The van der Waals surface area contributed by atoms with Crippen molar-refractivity contribution < 1.29 is 14.3 Å². The predicted octanol–water partition coefficient (Wildman–Crippen LogP) is 3.71. The van der Waals surface area contributed by atoms with Crippen molar-refractivity contribution >= 4 is 11.9 Å². The zero-order valence-corrected chi connectivity index (χ0v) is 15.8. The molecule has 2 heterocycles. The number of likely N-dealkylation sites (tertiary alicyclic amines) is 1. The zero-order valence-electron chi connectivity index (χ0n) is 15.8. The van der Waals surface area contributed by atoms with Crippen LogP contribution in [0.1, 0.15) is 72.1 Å². The second kappa shape index (κ2) is 6.99. The van der Waals surface area contributed by atoms with E-state index in [2.05, 4.69) is 25.8 Å². The van der Waals surface area contributed by atoms with E-state index < -0.39 is 5.97 Å². The SMILES string of the molecule is COC(=O)c1c(C)[nH]c(C(=O)N2CCCC(C(C)(C)C)CC2)c1C. The first-order valence-electron chi connectivity index (χ1n) is 8.73. The first-order valence-corrected chi connectivity index (χ1v) is 8.73. The van der Waals surface area contributed by atoms with Gasteiger partial charge in [-0.25, -0.2) is 4.79 Å². The quantitative estimate of drug-likeness (QED) is 0.839. The third kappa shape index (κ3) is 3.65. The molecular formula is C19H30N2O3. The van der Waals surface area contributed by atoms with Crippen molar-refractivity contribution in [1.82, 2.24) is 9.88 Å². The van der Waals surface area contributed by atoms with Gasteiger partial charge in [-0.3, -0.25) is 4.79 Å². The summed E-state index contributed by atoms with van der Waals surface area (Å²) in [4.78, 5) is 29.9. The molecule has 1 fully saturated rings. The fraction of sp³-hybridized carbons (Fsp3) is 0.684. The van der Waals surface area contributed by atoms with Crippen LogP contribution in [0.5, 0.6) is 0 Å². The molecule has 1 saturated heterocycles. The minimum atomic E-state index is -0.399. The topological polar surface area (TPSA) is 62.4 Å². The largest absolute Gasteiger partial charge is 0.465 e. The van der Waals surface area contributed by atoms with Gasteiger partial charge in [-0.1, -0.05) is 20.8 Å². The Morgan fingerprint density at radius 1 is 1.17 bits per heavy atom. The Balaban J connectivity index is 2.19. The molecule has 0 spiro atoms. The van der Waals surface area contributed by atoms with Crippen LogP contribution in [0, 0.1) is 25.2 Å². The average molecular weight is 334 g/mol. The highest BCUT2D eigenvalue weighted by Crippen LogP contribution is 2.34. The zero-order chi connectivity index (χ0) is 18.1. The maximum Gasteiger partial charge on any atom is 0.339 e. The molecule has 1 amide bonds. The first kappa shape index (κ1) is 18.6. The monoisotopic (exact) mass is 334 g/mol. The molecule has 24 heavy (non-hydrogen) atoms. The lowest BCUT2D eigenvalue weighted by atomic mass is 9.77. The molecule has 0 radical (unpaired) electrons. The first-order chi connectivity index (χ1) is 11.2. The van der Waals surface area contributed by atoms with E-state index >= 15 is 0 Å². The van der Waals surface area contributed by atoms with Gasteiger partial charge >= 0.3 is 5.97 Å². The Labute approximate surface area is 144 Å². The highest BCUT2D eigenvalue weighted by atomic mass is 16.5. The molecule has 5 heteroatoms. The van der Waals surface area contributed by atoms with Crippen LogP contribution in [-0.4, -0.2) is 42.0 Å². The van der Waals surface area contributed by atoms with Gasteiger partial charge in [0.1, 0.15) is 5.69 Å². The second-order valence-electron chi connectivity index (χ2n) is 7.90. The number of nitrogens with zero attached hydrogens (tertiary/aromatic N) is 1. The van der Waals surface area contributed by atoms with Crippen molar-refractivity contribution in [2.24, 2.45) is 11.3 Å². The van der Waals surface area contributed by atoms with E-state index in [1.807, 2.05) is 4.90 Å². The molecule has 5 nitrogen and oxygen atoms in total. The van der Waals surface area contributed by atoms with E-state index in [9.17, 15) is 9.59 Å². The van der Waals surface area contributed by atoms with Gasteiger partial charge in [0, 0.05) is 18.8 Å². The molecule has 1 atom stereocenters. The van der Waals surface area contributed by atoms with Crippen molar-refractivity contribution in [1.29, 1.82) is 0 Å². The summed E-state index contributed by atoms with van der Waals surface area (Å²) in [5.41, 5.74) is 2.63. The number of amides is 1. The minimum Gasteiger partial charge on any atom is -0.465 e. The molecule has 0 aromatic carbocycles. The van der Waals surface area contributed by atoms with Crippen LogP contribution < -0.4 is 0 Å². The molecule has 1 aliphatic heterocycles. The lowest BCUT2D eigenvalue weighted by molar-refractivity contribution is 0.0599. The third-order valence-electron chi connectivity index (χ3n) is 5.28. The predicted molar refractivity (Wildman–Crippen MR) is 94.3 cm³/mol. The van der Waals surface area contributed by atoms with E-state index in [0.29, 0.717) is 28.4 Å². The number of methoxy groups -OCH3 is 1. The molecule has 1 N–H and O–H groups in total. The fourth-order valence-electron chi connectivity index (χ4n) is 3.70. The molecule has 0 aliphatic carbocycles. The molecule has 0 bridgehead atoms. The van der Waals surface area contributed by atoms with Gasteiger partial charge in [-0.15, -0.1) is 0 Å². The fourth-order valence-corrected chi connectivity index (χ4v) is 3.70. The Morgan fingerprint density at radius 3 is 2.42 bits per heavy atom. The molecule has 1 aliphatic rings. The van der Waals surface area contributed by atoms with Crippen molar-refractivity contribution in [2.75, 3.05) is 20.2 Å². The Kier molecular flexibility index (Phi) is 5.41. The summed E-state index contributed by atoms with van der Waals surface area (Å²) in [7, 11) is 1.36. The number of rotatable bonds is 2. The molecule has 2 rings (SSSR count). The molecule has 1 aromatic heterocycles. The highest BCUT2D eigenvalue weighted by Gasteiger charge is 2.30. The highest BCUT2D eigenvalue weighted by molar-refractivity contribution is 6.00. The summed E-state index contributed by atoms with van der Waals surface area (Å²) >= 11 is 0. The number of aryl methyl sites for hydroxylation is 1. The lowest BCUT2D eigenvalue weighted by Gasteiger charge is -2.29. The van der Waals surface area contributed by atoms with Crippen LogP contribution in [-0.2, 0) is 4.74 Å². The van der Waals surface area contributed by atoms with Gasteiger partial charge in [-0.2, -0.15) is 0 Å². The van der Waals surface area contributed by atoms with Crippen LogP contribution in [0.15, 0.2) is 0 Å². The van der Waals surface area contributed by atoms with Crippen LogP contribution in [0.3, 0.4) is 0 Å². The van der Waals surface area contributed by atoms with Crippen molar-refractivity contribution in [3.05, 3.63) is 22.5 Å². The standard InChI is InChI=1S/C19H30N2O3/c1-12-15(18(23)24-6)13(2)20-16(12)17(22)21-10-7-8-14(9-11-21)19(3,4)5/h14,20H,7-11H2,1-6H3. The van der Waals surface area contributed by atoms with Crippen LogP contribution in [0.25, 0.3) is 0 Å². The smallest absolute Gasteiger partial charge is 0.339 e. The van der Waals surface area contributed by atoms with Gasteiger partial charge in [0.15, 0.2) is 0 Å². The lowest BCUT2D eigenvalue weighted by Crippen LogP contribution is -2.33. The second-order valence-corrected chi connectivity index (χ2v) is 7.90. The van der Waals surface area contributed by atoms with Gasteiger partial charge in [0.2, 0.25) is 0 Å². The third-order valence-corrected chi connectivity index (χ3v) is 5.28. The molecule has 1 aromatic rings. The van der Waals surface area contributed by atoms with E-state index in [1.165, 1.54) is 7.11 Å². The van der Waals surface area contributed by atoms with Gasteiger partial charge in [0.25, 0.3) is 5.91 Å².